The molecule has 0 saturated heterocycles. The highest BCUT2D eigenvalue weighted by Crippen LogP contribution is 2.36. The molecule has 0 N–H and O–H groups in total. The van der Waals surface area contributed by atoms with E-state index in [1.165, 1.54) is 11.1 Å². The predicted molar refractivity (Wildman–Crippen MR) is 118 cm³/mol. The zero-order valence-corrected chi connectivity index (χ0v) is 17.2. The first-order chi connectivity index (χ1) is 14.3. The molecule has 1 aliphatic rings. The molecule has 29 heavy (non-hydrogen) atoms. The minimum atomic E-state index is 0.165. The molecule has 0 aliphatic carbocycles. The van der Waals surface area contributed by atoms with Crippen LogP contribution in [-0.4, -0.2) is 25.5 Å². The van der Waals surface area contributed by atoms with Crippen molar-refractivity contribution in [3.63, 3.8) is 0 Å². The SMILES string of the molecule is Clc1ccc(-c2nnc3n2CN(C(c2ccccc2)c2ccccc2)CS3)cc1. The van der Waals surface area contributed by atoms with Crippen molar-refractivity contribution < 1.29 is 0 Å². The maximum Gasteiger partial charge on any atom is 0.193 e. The van der Waals surface area contributed by atoms with Crippen molar-refractivity contribution in [1.82, 2.24) is 19.7 Å². The number of nitrogens with zero attached hydrogens (tertiary/aromatic N) is 4. The number of benzene rings is 3. The van der Waals surface area contributed by atoms with Gasteiger partial charge in [-0.1, -0.05) is 84.0 Å². The van der Waals surface area contributed by atoms with Gasteiger partial charge in [0, 0.05) is 10.6 Å². The van der Waals surface area contributed by atoms with E-state index in [0.717, 1.165) is 34.1 Å². The summed E-state index contributed by atoms with van der Waals surface area (Å²) in [7, 11) is 0. The number of fused-ring (bicyclic) bond motifs is 1. The fraction of sp³-hybridized carbons (Fsp3) is 0.130. The second-order valence-electron chi connectivity index (χ2n) is 6.97. The van der Waals surface area contributed by atoms with E-state index in [1.807, 2.05) is 24.3 Å². The molecular formula is C23H19ClN4S. The van der Waals surface area contributed by atoms with E-state index in [2.05, 4.69) is 80.3 Å². The van der Waals surface area contributed by atoms with E-state index in [1.54, 1.807) is 11.8 Å². The van der Waals surface area contributed by atoms with E-state index < -0.39 is 0 Å². The van der Waals surface area contributed by atoms with Crippen LogP contribution in [0.3, 0.4) is 0 Å². The molecule has 0 spiro atoms. The highest BCUT2D eigenvalue weighted by Gasteiger charge is 2.29. The number of aromatic nitrogens is 3. The van der Waals surface area contributed by atoms with Gasteiger partial charge in [0.2, 0.25) is 0 Å². The van der Waals surface area contributed by atoms with Crippen LogP contribution in [0.25, 0.3) is 11.4 Å². The van der Waals surface area contributed by atoms with Crippen LogP contribution < -0.4 is 0 Å². The standard InChI is InChI=1S/C23H19ClN4S/c24-20-13-11-19(12-14-20)22-25-26-23-28(22)15-27(16-29-23)21(17-7-3-1-4-8-17)18-9-5-2-6-10-18/h1-14,21H,15-16H2. The Morgan fingerprint density at radius 3 is 2.03 bits per heavy atom. The maximum atomic E-state index is 6.06. The average Bonchev–Trinajstić information content (AvgIpc) is 3.19. The molecule has 0 fully saturated rings. The summed E-state index contributed by atoms with van der Waals surface area (Å²) in [6, 6.07) is 29.3. The third kappa shape index (κ3) is 3.69. The Balaban J connectivity index is 1.53. The summed E-state index contributed by atoms with van der Waals surface area (Å²) in [6.07, 6.45) is 0. The Kier molecular flexibility index (Phi) is 5.10. The molecule has 4 nitrogen and oxygen atoms in total. The predicted octanol–water partition coefficient (Wildman–Crippen LogP) is 5.71. The molecule has 0 radical (unpaired) electrons. The zero-order valence-electron chi connectivity index (χ0n) is 15.6. The molecule has 0 bridgehead atoms. The molecule has 0 amide bonds. The average molecular weight is 419 g/mol. The van der Waals surface area contributed by atoms with Gasteiger partial charge < -0.3 is 0 Å². The highest BCUT2D eigenvalue weighted by atomic mass is 35.5. The van der Waals surface area contributed by atoms with E-state index >= 15 is 0 Å². The molecule has 0 unspecified atom stereocenters. The van der Waals surface area contributed by atoms with E-state index in [0.29, 0.717) is 0 Å². The van der Waals surface area contributed by atoms with Gasteiger partial charge in [0.25, 0.3) is 0 Å². The lowest BCUT2D eigenvalue weighted by atomic mass is 9.98. The first-order valence-electron chi connectivity index (χ1n) is 9.45. The lowest BCUT2D eigenvalue weighted by Crippen LogP contribution is -2.34. The molecule has 6 heteroatoms. The highest BCUT2D eigenvalue weighted by molar-refractivity contribution is 7.99. The molecule has 0 saturated carbocycles. The summed E-state index contributed by atoms with van der Waals surface area (Å²) < 4.78 is 2.19. The topological polar surface area (TPSA) is 34.0 Å². The fourth-order valence-corrected chi connectivity index (χ4v) is 4.78. The van der Waals surface area contributed by atoms with Crippen LogP contribution in [0.1, 0.15) is 17.2 Å². The fourth-order valence-electron chi connectivity index (χ4n) is 3.74. The number of rotatable bonds is 4. The monoisotopic (exact) mass is 418 g/mol. The zero-order chi connectivity index (χ0) is 19.6. The van der Waals surface area contributed by atoms with Gasteiger partial charge in [-0.15, -0.1) is 10.2 Å². The molecule has 1 aliphatic heterocycles. The third-order valence-electron chi connectivity index (χ3n) is 5.10. The third-order valence-corrected chi connectivity index (χ3v) is 6.37. The van der Waals surface area contributed by atoms with E-state index in [4.69, 9.17) is 11.6 Å². The van der Waals surface area contributed by atoms with Gasteiger partial charge >= 0.3 is 0 Å². The van der Waals surface area contributed by atoms with Crippen molar-refractivity contribution in [1.29, 1.82) is 0 Å². The van der Waals surface area contributed by atoms with Crippen LogP contribution in [0.5, 0.6) is 0 Å². The molecule has 5 rings (SSSR count). The van der Waals surface area contributed by atoms with Gasteiger partial charge in [0.05, 0.1) is 18.6 Å². The second kappa shape index (κ2) is 8.03. The summed E-state index contributed by atoms with van der Waals surface area (Å²) in [5.74, 6) is 1.72. The normalized spacial score (nSPS) is 14.1. The first-order valence-corrected chi connectivity index (χ1v) is 10.8. The van der Waals surface area contributed by atoms with Crippen LogP contribution in [0, 0.1) is 0 Å². The summed E-state index contributed by atoms with van der Waals surface area (Å²) in [5, 5.41) is 10.5. The molecule has 3 aromatic carbocycles. The smallest absolute Gasteiger partial charge is 0.193 e. The molecule has 1 aromatic heterocycles. The summed E-state index contributed by atoms with van der Waals surface area (Å²) in [4.78, 5) is 2.46. The van der Waals surface area contributed by atoms with Crippen LogP contribution in [-0.2, 0) is 6.67 Å². The van der Waals surface area contributed by atoms with Crippen LogP contribution >= 0.6 is 23.4 Å². The van der Waals surface area contributed by atoms with Crippen molar-refractivity contribution in [3.8, 4) is 11.4 Å². The second-order valence-corrected chi connectivity index (χ2v) is 8.32. The Bertz CT molecular complexity index is 1060. The van der Waals surface area contributed by atoms with E-state index in [-0.39, 0.29) is 6.04 Å². The minimum Gasteiger partial charge on any atom is -0.288 e. The summed E-state index contributed by atoms with van der Waals surface area (Å²) in [6.45, 7) is 0.724. The Labute approximate surface area is 179 Å². The Morgan fingerprint density at radius 2 is 1.41 bits per heavy atom. The van der Waals surface area contributed by atoms with Crippen molar-refractivity contribution in [2.45, 2.75) is 17.9 Å². The summed E-state index contributed by atoms with van der Waals surface area (Å²) >= 11 is 7.78. The van der Waals surface area contributed by atoms with Crippen LogP contribution in [0.2, 0.25) is 5.02 Å². The van der Waals surface area contributed by atoms with Crippen molar-refractivity contribution >= 4 is 23.4 Å². The van der Waals surface area contributed by atoms with Gasteiger partial charge in [0.1, 0.15) is 0 Å². The number of hydrogen-bond acceptors (Lipinski definition) is 4. The largest absolute Gasteiger partial charge is 0.288 e. The maximum absolute atomic E-state index is 6.06. The molecule has 4 aromatic rings. The number of thioether (sulfide) groups is 1. The van der Waals surface area contributed by atoms with Gasteiger partial charge in [-0.25, -0.2) is 0 Å². The molecule has 144 valence electrons. The van der Waals surface area contributed by atoms with E-state index in [9.17, 15) is 0 Å². The Morgan fingerprint density at radius 1 is 0.793 bits per heavy atom. The first kappa shape index (κ1) is 18.4. The van der Waals surface area contributed by atoms with Crippen molar-refractivity contribution in [2.24, 2.45) is 0 Å². The summed E-state index contributed by atoms with van der Waals surface area (Å²) in [5.41, 5.74) is 3.58. The van der Waals surface area contributed by atoms with Crippen molar-refractivity contribution in [2.75, 3.05) is 5.88 Å². The lowest BCUT2D eigenvalue weighted by Gasteiger charge is -2.35. The lowest BCUT2D eigenvalue weighted by molar-refractivity contribution is 0.195. The minimum absolute atomic E-state index is 0.165. The molecular weight excluding hydrogens is 400 g/mol. The Hall–Kier alpha value is -2.60. The molecule has 0 atom stereocenters. The quantitative estimate of drug-likeness (QED) is 0.425. The van der Waals surface area contributed by atoms with Crippen molar-refractivity contribution in [3.05, 3.63) is 101 Å². The molecule has 2 heterocycles. The van der Waals surface area contributed by atoms with Gasteiger partial charge in [-0.2, -0.15) is 0 Å². The van der Waals surface area contributed by atoms with Crippen LogP contribution in [0.15, 0.2) is 90.1 Å². The van der Waals surface area contributed by atoms with Crippen LogP contribution in [0.4, 0.5) is 0 Å². The number of hydrogen-bond donors (Lipinski definition) is 0. The number of halogens is 1. The van der Waals surface area contributed by atoms with Gasteiger partial charge in [-0.05, 0) is 35.4 Å². The van der Waals surface area contributed by atoms with Gasteiger partial charge in [-0.3, -0.25) is 9.47 Å². The van der Waals surface area contributed by atoms with Gasteiger partial charge in [0.15, 0.2) is 11.0 Å².